The molecule has 0 bridgehead atoms. The minimum Gasteiger partial charge on any atom is -0.485 e. The monoisotopic (exact) mass is 381 g/mol. The van der Waals surface area contributed by atoms with Crippen molar-refractivity contribution in [1.82, 2.24) is 0 Å². The van der Waals surface area contributed by atoms with E-state index < -0.39 is 0 Å². The van der Waals surface area contributed by atoms with Crippen LogP contribution in [0.2, 0.25) is 0 Å². The van der Waals surface area contributed by atoms with Crippen LogP contribution in [0.5, 0.6) is 5.75 Å². The number of hydrogen-bond donors (Lipinski definition) is 1. The van der Waals surface area contributed by atoms with Crippen molar-refractivity contribution in [3.8, 4) is 5.75 Å². The molecule has 28 heavy (non-hydrogen) atoms. The van der Waals surface area contributed by atoms with E-state index in [2.05, 4.69) is 12.2 Å². The van der Waals surface area contributed by atoms with Crippen LogP contribution in [0.3, 0.4) is 0 Å². The van der Waals surface area contributed by atoms with Crippen LogP contribution in [0.4, 0.5) is 5.69 Å². The molecule has 2 aromatic rings. The van der Waals surface area contributed by atoms with Crippen molar-refractivity contribution in [3.05, 3.63) is 59.7 Å². The topological polar surface area (TPSA) is 72.5 Å². The zero-order valence-electron chi connectivity index (χ0n) is 16.5. The third kappa shape index (κ3) is 6.65. The van der Waals surface area contributed by atoms with Gasteiger partial charge in [-0.05, 0) is 55.0 Å². The summed E-state index contributed by atoms with van der Waals surface area (Å²) in [5, 5.41) is 2.83. The van der Waals surface area contributed by atoms with Crippen molar-refractivity contribution in [3.63, 3.8) is 0 Å². The van der Waals surface area contributed by atoms with Gasteiger partial charge in [-0.2, -0.15) is 0 Å². The number of carbonyl (C=O) groups is 3. The highest BCUT2D eigenvalue weighted by atomic mass is 16.5. The zero-order chi connectivity index (χ0) is 20.4. The van der Waals surface area contributed by atoms with E-state index in [0.29, 0.717) is 35.4 Å². The first kappa shape index (κ1) is 21.4. The molecule has 0 fully saturated rings. The smallest absolute Gasteiger partial charge is 0.224 e. The Morgan fingerprint density at radius 2 is 1.43 bits per heavy atom. The van der Waals surface area contributed by atoms with E-state index in [1.54, 1.807) is 48.5 Å². The molecule has 0 radical (unpaired) electrons. The summed E-state index contributed by atoms with van der Waals surface area (Å²) in [6.45, 7) is 3.82. The normalized spacial score (nSPS) is 10.4. The van der Waals surface area contributed by atoms with E-state index in [9.17, 15) is 14.4 Å². The molecule has 0 aliphatic rings. The Balaban J connectivity index is 1.84. The minimum atomic E-state index is -0.158. The first-order chi connectivity index (χ1) is 13.5. The summed E-state index contributed by atoms with van der Waals surface area (Å²) in [6.07, 6.45) is 3.95. The molecular weight excluding hydrogens is 354 g/mol. The minimum absolute atomic E-state index is 0.0131. The average Bonchev–Trinajstić information content (AvgIpc) is 2.72. The van der Waals surface area contributed by atoms with Crippen molar-refractivity contribution >= 4 is 23.2 Å². The number of amides is 1. The third-order valence-corrected chi connectivity index (χ3v) is 4.37. The van der Waals surface area contributed by atoms with Gasteiger partial charge in [0.1, 0.15) is 5.75 Å². The molecule has 1 amide bonds. The van der Waals surface area contributed by atoms with Crippen LogP contribution in [-0.2, 0) is 4.79 Å². The van der Waals surface area contributed by atoms with Crippen molar-refractivity contribution in [2.24, 2.45) is 0 Å². The number of ketones is 2. The highest BCUT2D eigenvalue weighted by molar-refractivity contribution is 5.98. The first-order valence-corrected chi connectivity index (χ1v) is 9.72. The fourth-order valence-corrected chi connectivity index (χ4v) is 2.67. The summed E-state index contributed by atoms with van der Waals surface area (Å²) < 4.78 is 5.51. The number of hydrogen-bond acceptors (Lipinski definition) is 4. The number of benzene rings is 2. The first-order valence-electron chi connectivity index (χ1n) is 9.72. The van der Waals surface area contributed by atoms with Gasteiger partial charge in [0.15, 0.2) is 18.2 Å². The second kappa shape index (κ2) is 11.0. The van der Waals surface area contributed by atoms with Crippen LogP contribution in [0.1, 0.15) is 66.7 Å². The molecule has 0 saturated carbocycles. The number of ether oxygens (including phenoxy) is 1. The number of rotatable bonds is 11. The SMILES string of the molecule is CCCCCC(=O)Nc1ccc(C(=O)COc2ccc(C(=O)CC)cc2)cc1. The Morgan fingerprint density at radius 3 is 2.04 bits per heavy atom. The molecule has 0 aliphatic carbocycles. The van der Waals surface area contributed by atoms with Gasteiger partial charge >= 0.3 is 0 Å². The van der Waals surface area contributed by atoms with Gasteiger partial charge in [0.25, 0.3) is 0 Å². The van der Waals surface area contributed by atoms with Crippen molar-refractivity contribution in [2.45, 2.75) is 46.0 Å². The molecule has 0 aromatic heterocycles. The summed E-state index contributed by atoms with van der Waals surface area (Å²) in [6, 6.07) is 13.6. The predicted octanol–water partition coefficient (Wildman–Crippen LogP) is 5.06. The summed E-state index contributed by atoms with van der Waals surface area (Å²) in [4.78, 5) is 35.7. The highest BCUT2D eigenvalue weighted by Gasteiger charge is 2.09. The molecule has 148 valence electrons. The molecule has 5 nitrogen and oxygen atoms in total. The predicted molar refractivity (Wildman–Crippen MR) is 110 cm³/mol. The van der Waals surface area contributed by atoms with Gasteiger partial charge in [0.2, 0.25) is 5.91 Å². The Labute approximate surface area is 166 Å². The van der Waals surface area contributed by atoms with Crippen molar-refractivity contribution in [1.29, 1.82) is 0 Å². The number of Topliss-reactive ketones (excluding diaryl/α,β-unsaturated/α-hetero) is 2. The van der Waals surface area contributed by atoms with Gasteiger partial charge in [-0.3, -0.25) is 14.4 Å². The van der Waals surface area contributed by atoms with Crippen LogP contribution in [0.15, 0.2) is 48.5 Å². The zero-order valence-corrected chi connectivity index (χ0v) is 16.5. The van der Waals surface area contributed by atoms with Crippen LogP contribution in [0, 0.1) is 0 Å². The Bertz CT molecular complexity index is 794. The standard InChI is InChI=1S/C23H27NO4/c1-3-5-6-7-23(27)24-19-12-8-18(9-13-19)22(26)16-28-20-14-10-17(11-15-20)21(25)4-2/h8-15H,3-7,16H2,1-2H3,(H,24,27). The van der Waals surface area contributed by atoms with Crippen molar-refractivity contribution < 1.29 is 19.1 Å². The van der Waals surface area contributed by atoms with E-state index in [4.69, 9.17) is 4.74 Å². The van der Waals surface area contributed by atoms with Gasteiger partial charge < -0.3 is 10.1 Å². The van der Waals surface area contributed by atoms with Gasteiger partial charge in [0.05, 0.1) is 0 Å². The fourth-order valence-electron chi connectivity index (χ4n) is 2.67. The lowest BCUT2D eigenvalue weighted by Crippen LogP contribution is -2.13. The second-order valence-corrected chi connectivity index (χ2v) is 6.60. The lowest BCUT2D eigenvalue weighted by Gasteiger charge is -2.08. The molecule has 0 saturated heterocycles. The van der Waals surface area contributed by atoms with Crippen LogP contribution in [0.25, 0.3) is 0 Å². The van der Waals surface area contributed by atoms with Crippen molar-refractivity contribution in [2.75, 3.05) is 11.9 Å². The Kier molecular flexibility index (Phi) is 8.40. The molecule has 0 heterocycles. The molecule has 0 aliphatic heterocycles. The van der Waals surface area contributed by atoms with E-state index in [1.807, 2.05) is 6.92 Å². The summed E-state index contributed by atoms with van der Waals surface area (Å²) >= 11 is 0. The number of nitrogens with one attached hydrogen (secondary N) is 1. The molecule has 0 atom stereocenters. The largest absolute Gasteiger partial charge is 0.485 e. The van der Waals surface area contributed by atoms with Crippen LogP contribution < -0.4 is 10.1 Å². The Morgan fingerprint density at radius 1 is 0.821 bits per heavy atom. The van der Waals surface area contributed by atoms with Crippen LogP contribution >= 0.6 is 0 Å². The summed E-state index contributed by atoms with van der Waals surface area (Å²) in [7, 11) is 0. The molecule has 0 spiro atoms. The molecule has 5 heteroatoms. The number of anilines is 1. The maximum absolute atomic E-state index is 12.3. The molecule has 2 rings (SSSR count). The van der Waals surface area contributed by atoms with Gasteiger partial charge in [-0.25, -0.2) is 0 Å². The van der Waals surface area contributed by atoms with E-state index in [-0.39, 0.29) is 24.1 Å². The lowest BCUT2D eigenvalue weighted by atomic mass is 10.1. The lowest BCUT2D eigenvalue weighted by molar-refractivity contribution is -0.116. The molecule has 0 unspecified atom stereocenters. The highest BCUT2D eigenvalue weighted by Crippen LogP contribution is 2.15. The van der Waals surface area contributed by atoms with Gasteiger partial charge in [-0.15, -0.1) is 0 Å². The Hall–Kier alpha value is -2.95. The van der Waals surface area contributed by atoms with Gasteiger partial charge in [0, 0.05) is 29.7 Å². The molecular formula is C23H27NO4. The number of unbranched alkanes of at least 4 members (excludes halogenated alkanes) is 2. The van der Waals surface area contributed by atoms with E-state index >= 15 is 0 Å². The summed E-state index contributed by atoms with van der Waals surface area (Å²) in [5.41, 5.74) is 1.82. The third-order valence-electron chi connectivity index (χ3n) is 4.37. The molecule has 1 N–H and O–H groups in total. The quantitative estimate of drug-likeness (QED) is 0.436. The molecule has 2 aromatic carbocycles. The number of carbonyl (C=O) groups excluding carboxylic acids is 3. The average molecular weight is 381 g/mol. The second-order valence-electron chi connectivity index (χ2n) is 6.60. The maximum atomic E-state index is 12.3. The van der Waals surface area contributed by atoms with Gasteiger partial charge in [-0.1, -0.05) is 26.7 Å². The van der Waals surface area contributed by atoms with E-state index in [0.717, 1.165) is 19.3 Å². The van der Waals surface area contributed by atoms with Crippen LogP contribution in [-0.4, -0.2) is 24.1 Å². The summed E-state index contributed by atoms with van der Waals surface area (Å²) in [5.74, 6) is 0.438. The van der Waals surface area contributed by atoms with E-state index in [1.165, 1.54) is 0 Å². The fraction of sp³-hybridized carbons (Fsp3) is 0.348. The maximum Gasteiger partial charge on any atom is 0.224 e.